The molecule has 1 N–H and O–H groups in total. The maximum Gasteiger partial charge on any atom is 0.221 e. The number of nitrogens with zero attached hydrogens (tertiary/aromatic N) is 3. The van der Waals surface area contributed by atoms with Crippen LogP contribution in [0.4, 0.5) is 11.4 Å². The first-order valence-corrected chi connectivity index (χ1v) is 8.30. The van der Waals surface area contributed by atoms with Crippen molar-refractivity contribution in [1.82, 2.24) is 4.98 Å². The van der Waals surface area contributed by atoms with E-state index in [1.165, 1.54) is 31.1 Å². The van der Waals surface area contributed by atoms with Crippen LogP contribution in [0.15, 0.2) is 34.6 Å². The first-order valence-electron chi connectivity index (χ1n) is 7.42. The lowest BCUT2D eigenvalue weighted by atomic mass is 10.2. The molecule has 116 valence electrons. The Labute approximate surface area is 138 Å². The molecule has 6 heteroatoms. The largest absolute Gasteiger partial charge is 0.326 e. The number of carbonyl (C=O) groups excluding carboxylic acids is 1. The highest BCUT2D eigenvalue weighted by Crippen LogP contribution is 2.40. The van der Waals surface area contributed by atoms with Crippen LogP contribution in [0.25, 0.3) is 0 Å². The monoisotopic (exact) mass is 324 g/mol. The fourth-order valence-corrected chi connectivity index (χ4v) is 3.06. The van der Waals surface area contributed by atoms with Crippen LogP contribution in [0.3, 0.4) is 0 Å². The maximum atomic E-state index is 11.0. The van der Waals surface area contributed by atoms with Gasteiger partial charge in [0, 0.05) is 30.1 Å². The lowest BCUT2D eigenvalue weighted by Crippen LogP contribution is -2.04. The lowest BCUT2D eigenvalue weighted by Gasteiger charge is -2.02. The number of nitriles is 1. The first-order chi connectivity index (χ1) is 11.2. The average molecular weight is 324 g/mol. The first kappa shape index (κ1) is 15.4. The second-order valence-electron chi connectivity index (χ2n) is 5.50. The molecule has 1 saturated carbocycles. The Bertz CT molecular complexity index is 769. The van der Waals surface area contributed by atoms with Gasteiger partial charge in [0.25, 0.3) is 0 Å². The van der Waals surface area contributed by atoms with Crippen LogP contribution in [-0.4, -0.2) is 17.1 Å². The van der Waals surface area contributed by atoms with Gasteiger partial charge < -0.3 is 5.32 Å². The van der Waals surface area contributed by atoms with Gasteiger partial charge in [-0.05, 0) is 37.1 Å². The van der Waals surface area contributed by atoms with Gasteiger partial charge in [-0.25, -0.2) is 4.98 Å². The van der Waals surface area contributed by atoms with E-state index in [4.69, 9.17) is 0 Å². The number of nitrogens with one attached hydrogen (secondary N) is 1. The molecule has 0 aliphatic heterocycles. The highest BCUT2D eigenvalue weighted by atomic mass is 32.1. The van der Waals surface area contributed by atoms with E-state index < -0.39 is 5.92 Å². The third-order valence-electron chi connectivity index (χ3n) is 3.50. The van der Waals surface area contributed by atoms with Crippen molar-refractivity contribution in [3.05, 3.63) is 40.3 Å². The predicted octanol–water partition coefficient (Wildman–Crippen LogP) is 3.99. The Morgan fingerprint density at radius 2 is 2.22 bits per heavy atom. The van der Waals surface area contributed by atoms with Crippen LogP contribution in [-0.2, 0) is 4.79 Å². The van der Waals surface area contributed by atoms with E-state index >= 15 is 0 Å². The van der Waals surface area contributed by atoms with Gasteiger partial charge in [0.05, 0.1) is 17.5 Å². The number of amides is 1. The van der Waals surface area contributed by atoms with Crippen molar-refractivity contribution in [1.29, 1.82) is 5.26 Å². The van der Waals surface area contributed by atoms with E-state index in [0.717, 1.165) is 22.1 Å². The molecule has 1 aromatic carbocycles. The maximum absolute atomic E-state index is 11.0. The summed E-state index contributed by atoms with van der Waals surface area (Å²) in [6, 6.07) is 9.40. The van der Waals surface area contributed by atoms with Crippen LogP contribution in [0.2, 0.25) is 0 Å². The van der Waals surface area contributed by atoms with Crippen LogP contribution < -0.4 is 5.32 Å². The normalized spacial score (nSPS) is 15.3. The zero-order valence-corrected chi connectivity index (χ0v) is 13.5. The molecule has 0 bridgehead atoms. The smallest absolute Gasteiger partial charge is 0.221 e. The van der Waals surface area contributed by atoms with Crippen LogP contribution >= 0.6 is 11.3 Å². The van der Waals surface area contributed by atoms with Crippen LogP contribution in [0.1, 0.15) is 42.3 Å². The second-order valence-corrected chi connectivity index (χ2v) is 6.39. The summed E-state index contributed by atoms with van der Waals surface area (Å²) in [6.45, 7) is 1.47. The van der Waals surface area contributed by atoms with Crippen molar-refractivity contribution in [3.8, 4) is 6.07 Å². The SMILES string of the molecule is CC(=O)Nc1ccc(N=CC(C#N)c2nc(C3CC3)cs2)cc1. The molecule has 1 aliphatic carbocycles. The number of rotatable bonds is 5. The minimum absolute atomic E-state index is 0.110. The molecule has 1 fully saturated rings. The Hall–Kier alpha value is -2.52. The predicted molar refractivity (Wildman–Crippen MR) is 91.3 cm³/mol. The van der Waals surface area contributed by atoms with E-state index in [1.807, 2.05) is 5.38 Å². The molecule has 1 atom stereocenters. The molecule has 1 heterocycles. The molecule has 1 aliphatic rings. The highest BCUT2D eigenvalue weighted by molar-refractivity contribution is 7.09. The van der Waals surface area contributed by atoms with Crippen molar-refractivity contribution in [2.24, 2.45) is 4.99 Å². The number of carbonyl (C=O) groups is 1. The van der Waals surface area contributed by atoms with Crippen LogP contribution in [0, 0.1) is 11.3 Å². The van der Waals surface area contributed by atoms with Crippen molar-refractivity contribution in [3.63, 3.8) is 0 Å². The molecule has 1 aromatic heterocycles. The van der Waals surface area contributed by atoms with Crippen molar-refractivity contribution in [2.75, 3.05) is 5.32 Å². The summed E-state index contributed by atoms with van der Waals surface area (Å²) in [5.41, 5.74) is 2.57. The molecule has 0 saturated heterocycles. The van der Waals surface area contributed by atoms with Gasteiger partial charge in [0.2, 0.25) is 5.91 Å². The molecule has 5 nitrogen and oxygen atoms in total. The molecule has 0 spiro atoms. The molecular formula is C17H16N4OS. The molecule has 3 rings (SSSR count). The molecule has 2 aromatic rings. The number of hydrogen-bond acceptors (Lipinski definition) is 5. The average Bonchev–Trinajstić information content (AvgIpc) is 3.28. The summed E-state index contributed by atoms with van der Waals surface area (Å²) < 4.78 is 0. The topological polar surface area (TPSA) is 78.1 Å². The quantitative estimate of drug-likeness (QED) is 0.845. The molecule has 1 unspecified atom stereocenters. The van der Waals surface area contributed by atoms with Gasteiger partial charge in [-0.2, -0.15) is 5.26 Å². The number of aliphatic imine (C=N–C) groups is 1. The number of hydrogen-bond donors (Lipinski definition) is 1. The minimum Gasteiger partial charge on any atom is -0.326 e. The highest BCUT2D eigenvalue weighted by Gasteiger charge is 2.27. The van der Waals surface area contributed by atoms with E-state index in [-0.39, 0.29) is 5.91 Å². The van der Waals surface area contributed by atoms with Gasteiger partial charge >= 0.3 is 0 Å². The van der Waals surface area contributed by atoms with E-state index in [0.29, 0.717) is 5.92 Å². The number of anilines is 1. The Morgan fingerprint density at radius 1 is 1.48 bits per heavy atom. The third kappa shape index (κ3) is 4.02. The van der Waals surface area contributed by atoms with Crippen molar-refractivity contribution in [2.45, 2.75) is 31.6 Å². The number of benzene rings is 1. The second kappa shape index (κ2) is 6.71. The summed E-state index contributed by atoms with van der Waals surface area (Å²) in [5.74, 6) is 0.0566. The van der Waals surface area contributed by atoms with Crippen LogP contribution in [0.5, 0.6) is 0 Å². The van der Waals surface area contributed by atoms with Crippen molar-refractivity contribution >= 4 is 34.8 Å². The molecule has 23 heavy (non-hydrogen) atoms. The van der Waals surface area contributed by atoms with Gasteiger partial charge in [0.1, 0.15) is 10.9 Å². The third-order valence-corrected chi connectivity index (χ3v) is 4.45. The number of aromatic nitrogens is 1. The minimum atomic E-state index is -0.428. The summed E-state index contributed by atoms with van der Waals surface area (Å²) in [5, 5.41) is 14.9. The standard InChI is InChI=1S/C17H16N4OS/c1-11(22)20-15-6-4-14(5-7-15)19-9-13(8-18)17-21-16(10-23-17)12-2-3-12/h4-7,9-10,12-13H,2-3H2,1H3,(H,20,22). The summed E-state index contributed by atoms with van der Waals surface area (Å²) in [7, 11) is 0. The fourth-order valence-electron chi connectivity index (χ4n) is 2.16. The van der Waals surface area contributed by atoms with Gasteiger partial charge in [-0.15, -0.1) is 11.3 Å². The lowest BCUT2D eigenvalue weighted by molar-refractivity contribution is -0.114. The Morgan fingerprint density at radius 3 is 2.83 bits per heavy atom. The van der Waals surface area contributed by atoms with Crippen molar-refractivity contribution < 1.29 is 4.79 Å². The summed E-state index contributed by atoms with van der Waals surface area (Å²) in [6.07, 6.45) is 4.03. The Balaban J connectivity index is 1.69. The van der Waals surface area contributed by atoms with Gasteiger partial charge in [-0.3, -0.25) is 9.79 Å². The molecule has 0 radical (unpaired) electrons. The molecular weight excluding hydrogens is 308 g/mol. The summed E-state index contributed by atoms with van der Waals surface area (Å²) in [4.78, 5) is 19.9. The number of thiazole rings is 1. The molecule has 1 amide bonds. The van der Waals surface area contributed by atoms with Gasteiger partial charge in [0.15, 0.2) is 0 Å². The summed E-state index contributed by atoms with van der Waals surface area (Å²) >= 11 is 1.52. The van der Waals surface area contributed by atoms with Gasteiger partial charge in [-0.1, -0.05) is 0 Å². The zero-order chi connectivity index (χ0) is 16.2. The fraction of sp³-hybridized carbons (Fsp3) is 0.294. The van der Waals surface area contributed by atoms with E-state index in [1.54, 1.807) is 30.5 Å². The van der Waals surface area contributed by atoms with E-state index in [2.05, 4.69) is 21.4 Å². The Kier molecular flexibility index (Phi) is 4.49. The van der Waals surface area contributed by atoms with E-state index in [9.17, 15) is 10.1 Å². The zero-order valence-electron chi connectivity index (χ0n) is 12.7.